The first-order chi connectivity index (χ1) is 36.6. The maximum atomic E-state index is 14.3. The SMILES string of the molecule is CO[C@H]1O[C@H](CO[C@H]2O[C@H](COCc3ccccc3)[C@@H](OCc3ccccc3)[C@H](OCc3ccccc3)[C@@H]2OC(=O)c2ccccc2)[C@@H](OCc2ccccc2)[C@H](OCc2ccccc2)[C@H]1OCc1ccccc1. The van der Waals surface area contributed by atoms with Gasteiger partial charge in [0, 0.05) is 7.11 Å². The summed E-state index contributed by atoms with van der Waals surface area (Å²) in [6.45, 7) is 1.41. The number of hydrogen-bond donors (Lipinski definition) is 0. The zero-order chi connectivity index (χ0) is 50.6. The lowest BCUT2D eigenvalue weighted by Crippen LogP contribution is -2.64. The van der Waals surface area contributed by atoms with E-state index in [0.717, 1.165) is 33.4 Å². The molecule has 12 nitrogen and oxygen atoms in total. The minimum absolute atomic E-state index is 0.0864. The monoisotopic (exact) mass is 1000 g/mol. The lowest BCUT2D eigenvalue weighted by atomic mass is 9.96. The molecule has 0 unspecified atom stereocenters. The van der Waals surface area contributed by atoms with E-state index in [0.29, 0.717) is 12.2 Å². The molecule has 7 aromatic carbocycles. The predicted molar refractivity (Wildman–Crippen MR) is 277 cm³/mol. The summed E-state index contributed by atoms with van der Waals surface area (Å²) in [6.07, 6.45) is -8.93. The molecule has 0 saturated carbocycles. The number of hydrogen-bond acceptors (Lipinski definition) is 12. The van der Waals surface area contributed by atoms with Gasteiger partial charge in [-0.15, -0.1) is 0 Å². The van der Waals surface area contributed by atoms with Crippen molar-refractivity contribution in [3.63, 3.8) is 0 Å². The van der Waals surface area contributed by atoms with Crippen LogP contribution in [0.5, 0.6) is 0 Å². The topological polar surface area (TPSA) is 119 Å². The van der Waals surface area contributed by atoms with Crippen molar-refractivity contribution in [2.24, 2.45) is 0 Å². The van der Waals surface area contributed by atoms with E-state index in [-0.39, 0.29) is 46.2 Å². The average molecular weight is 1000 g/mol. The van der Waals surface area contributed by atoms with Gasteiger partial charge in [-0.3, -0.25) is 0 Å². The Labute approximate surface area is 433 Å². The molecule has 0 spiro atoms. The van der Waals surface area contributed by atoms with Gasteiger partial charge in [-0.2, -0.15) is 0 Å². The molecule has 74 heavy (non-hydrogen) atoms. The second-order valence-corrected chi connectivity index (χ2v) is 18.2. The van der Waals surface area contributed by atoms with Crippen molar-refractivity contribution in [3.05, 3.63) is 251 Å². The quantitative estimate of drug-likeness (QED) is 0.0507. The van der Waals surface area contributed by atoms with Crippen LogP contribution in [-0.4, -0.2) is 87.7 Å². The summed E-state index contributed by atoms with van der Waals surface area (Å²) in [6, 6.07) is 68.2. The van der Waals surface area contributed by atoms with Crippen molar-refractivity contribution in [1.82, 2.24) is 0 Å². The van der Waals surface area contributed by atoms with Crippen LogP contribution < -0.4 is 0 Å². The Kier molecular flexibility index (Phi) is 19.7. The number of esters is 1. The van der Waals surface area contributed by atoms with Gasteiger partial charge >= 0.3 is 5.97 Å². The van der Waals surface area contributed by atoms with Gasteiger partial charge in [-0.05, 0) is 45.5 Å². The highest BCUT2D eigenvalue weighted by atomic mass is 16.8. The van der Waals surface area contributed by atoms with Gasteiger partial charge < -0.3 is 52.1 Å². The summed E-state index contributed by atoms with van der Waals surface area (Å²) >= 11 is 0. The zero-order valence-corrected chi connectivity index (χ0v) is 41.5. The van der Waals surface area contributed by atoms with E-state index in [4.69, 9.17) is 52.1 Å². The van der Waals surface area contributed by atoms with Crippen molar-refractivity contribution in [3.8, 4) is 0 Å². The van der Waals surface area contributed by atoms with Crippen LogP contribution in [-0.2, 0) is 91.7 Å². The summed E-state index contributed by atoms with van der Waals surface area (Å²) in [5.74, 6) is -0.591. The molecule has 2 heterocycles. The number of ether oxygens (including phenoxy) is 11. The summed E-state index contributed by atoms with van der Waals surface area (Å²) in [5, 5.41) is 0. The first-order valence-electron chi connectivity index (χ1n) is 25.2. The molecular weight excluding hydrogens is 937 g/mol. The molecule has 384 valence electrons. The predicted octanol–water partition coefficient (Wildman–Crippen LogP) is 10.5. The van der Waals surface area contributed by atoms with Crippen LogP contribution in [0.4, 0.5) is 0 Å². The highest BCUT2D eigenvalue weighted by Gasteiger charge is 2.53. The first kappa shape index (κ1) is 52.5. The molecule has 0 bridgehead atoms. The van der Waals surface area contributed by atoms with Gasteiger partial charge in [-0.1, -0.05) is 200 Å². The second-order valence-electron chi connectivity index (χ2n) is 18.2. The molecule has 0 radical (unpaired) electrons. The van der Waals surface area contributed by atoms with E-state index < -0.39 is 67.4 Å². The molecule has 2 fully saturated rings. The molecule has 2 saturated heterocycles. The third kappa shape index (κ3) is 14.9. The maximum Gasteiger partial charge on any atom is 0.338 e. The van der Waals surface area contributed by atoms with E-state index in [1.807, 2.05) is 188 Å². The Morgan fingerprint density at radius 1 is 0.351 bits per heavy atom. The van der Waals surface area contributed by atoms with Gasteiger partial charge in [0.1, 0.15) is 42.7 Å². The largest absolute Gasteiger partial charge is 0.450 e. The van der Waals surface area contributed by atoms with Crippen molar-refractivity contribution in [2.45, 2.75) is 101 Å². The van der Waals surface area contributed by atoms with Crippen molar-refractivity contribution >= 4 is 5.97 Å². The average Bonchev–Trinajstić information content (AvgIpc) is 3.46. The summed E-state index contributed by atoms with van der Waals surface area (Å²) in [4.78, 5) is 14.3. The summed E-state index contributed by atoms with van der Waals surface area (Å²) in [5.41, 5.74) is 6.07. The van der Waals surface area contributed by atoms with Crippen LogP contribution in [0.15, 0.2) is 212 Å². The lowest BCUT2D eigenvalue weighted by molar-refractivity contribution is -0.346. The standard InChI is InChI=1S/C62H64O12/c1-64-61-58(70-42-50-33-19-7-20-34-50)56(68-40-48-29-15-5-16-30-48)55(67-39-47-27-13-4-14-28-47)53(72-61)44-71-62-59(74-60(63)51-35-21-8-22-36-51)57(69-41-49-31-17-6-18-32-49)54(66-38-46-25-11-3-12-26-46)52(73-62)43-65-37-45-23-9-2-10-24-45/h2-36,52-59,61-62H,37-44H2,1H3/t52-,53-,54-,55-,56+,57+,58-,59+,61+,62+/m1/s1. The molecule has 9 rings (SSSR count). The van der Waals surface area contributed by atoms with Gasteiger partial charge in [0.05, 0.1) is 58.4 Å². The smallest absolute Gasteiger partial charge is 0.338 e. The number of rotatable bonds is 25. The molecule has 0 aliphatic carbocycles. The Hall–Kier alpha value is -6.39. The molecule has 0 aromatic heterocycles. The Balaban J connectivity index is 1.06. The number of benzene rings is 7. The highest BCUT2D eigenvalue weighted by Crippen LogP contribution is 2.35. The fourth-order valence-corrected chi connectivity index (χ4v) is 9.09. The van der Waals surface area contributed by atoms with Gasteiger partial charge in [0.2, 0.25) is 0 Å². The van der Waals surface area contributed by atoms with Crippen LogP contribution in [0.25, 0.3) is 0 Å². The van der Waals surface area contributed by atoms with Crippen LogP contribution in [0, 0.1) is 0 Å². The first-order valence-corrected chi connectivity index (χ1v) is 25.2. The van der Waals surface area contributed by atoms with Crippen molar-refractivity contribution in [1.29, 1.82) is 0 Å². The number of carbonyl (C=O) groups is 1. The molecule has 10 atom stereocenters. The van der Waals surface area contributed by atoms with Gasteiger partial charge in [0.25, 0.3) is 0 Å². The molecule has 7 aromatic rings. The fourth-order valence-electron chi connectivity index (χ4n) is 9.09. The van der Waals surface area contributed by atoms with E-state index in [2.05, 4.69) is 0 Å². The lowest BCUT2D eigenvalue weighted by Gasteiger charge is -2.47. The van der Waals surface area contributed by atoms with E-state index in [9.17, 15) is 4.79 Å². The molecule has 0 N–H and O–H groups in total. The van der Waals surface area contributed by atoms with Crippen LogP contribution in [0.2, 0.25) is 0 Å². The molecule has 0 amide bonds. The fraction of sp³-hybridized carbons (Fsp3) is 0.306. The van der Waals surface area contributed by atoms with E-state index in [1.165, 1.54) is 0 Å². The molecular formula is C62H64O12. The van der Waals surface area contributed by atoms with Crippen molar-refractivity contribution in [2.75, 3.05) is 20.3 Å². The third-order valence-electron chi connectivity index (χ3n) is 12.9. The Bertz CT molecular complexity index is 2650. The van der Waals surface area contributed by atoms with E-state index >= 15 is 0 Å². The number of carbonyl (C=O) groups excluding carboxylic acids is 1. The molecule has 12 heteroatoms. The van der Waals surface area contributed by atoms with Gasteiger partial charge in [0.15, 0.2) is 18.7 Å². The van der Waals surface area contributed by atoms with Crippen LogP contribution in [0.1, 0.15) is 43.7 Å². The summed E-state index contributed by atoms with van der Waals surface area (Å²) in [7, 11) is 1.58. The highest BCUT2D eigenvalue weighted by molar-refractivity contribution is 5.89. The summed E-state index contributed by atoms with van der Waals surface area (Å²) < 4.78 is 74.1. The van der Waals surface area contributed by atoms with Gasteiger partial charge in [-0.25, -0.2) is 4.79 Å². The minimum atomic E-state index is -1.24. The second kappa shape index (κ2) is 27.8. The van der Waals surface area contributed by atoms with Crippen LogP contribution in [0.3, 0.4) is 0 Å². The molecule has 2 aliphatic heterocycles. The molecule has 2 aliphatic rings. The maximum absolute atomic E-state index is 14.3. The zero-order valence-electron chi connectivity index (χ0n) is 41.5. The number of methoxy groups -OCH3 is 1. The van der Waals surface area contributed by atoms with Crippen molar-refractivity contribution < 1.29 is 56.9 Å². The Morgan fingerprint density at radius 2 is 0.676 bits per heavy atom. The Morgan fingerprint density at radius 3 is 1.08 bits per heavy atom. The third-order valence-corrected chi connectivity index (χ3v) is 12.9. The van der Waals surface area contributed by atoms with E-state index in [1.54, 1.807) is 31.4 Å². The minimum Gasteiger partial charge on any atom is -0.450 e. The normalized spacial score (nSPS) is 23.7. The van der Waals surface area contributed by atoms with Crippen LogP contribution >= 0.6 is 0 Å².